The molecule has 1 fully saturated rings. The number of aliphatic hydroxyl groups excluding tert-OH is 4. The maximum absolute atomic E-state index is 13.4. The Morgan fingerprint density at radius 3 is 2.23 bits per heavy atom. The van der Waals surface area contributed by atoms with Crippen LogP contribution in [-0.2, 0) is 26.4 Å². The molecule has 11 nitrogen and oxygen atoms in total. The number of benzene rings is 1. The number of hydrogen-bond acceptors (Lipinski definition) is 10. The summed E-state index contributed by atoms with van der Waals surface area (Å²) in [6.45, 7) is -1.79. The van der Waals surface area contributed by atoms with Gasteiger partial charge in [0.1, 0.15) is 46.9 Å². The number of nitriles is 1. The number of rotatable bonds is 8. The number of alkyl halides is 6. The molecule has 1 aromatic carbocycles. The van der Waals surface area contributed by atoms with Gasteiger partial charge in [-0.3, -0.25) is 0 Å². The van der Waals surface area contributed by atoms with E-state index in [9.17, 15) is 56.2 Å². The number of halogens is 8. The molecule has 0 bridgehead atoms. The Morgan fingerprint density at radius 1 is 1.12 bits per heavy atom. The van der Waals surface area contributed by atoms with Gasteiger partial charge in [0.05, 0.1) is 28.8 Å². The summed E-state index contributed by atoms with van der Waals surface area (Å²) in [5.74, 6) is -0.784. The van der Waals surface area contributed by atoms with Gasteiger partial charge in [-0.05, 0) is 12.1 Å². The van der Waals surface area contributed by atoms with Crippen LogP contribution < -0.4 is 5.32 Å². The van der Waals surface area contributed by atoms with E-state index in [1.54, 1.807) is 0 Å². The van der Waals surface area contributed by atoms with Crippen molar-refractivity contribution in [2.45, 2.75) is 47.3 Å². The van der Waals surface area contributed by atoms with E-state index in [4.69, 9.17) is 32.7 Å². The summed E-state index contributed by atoms with van der Waals surface area (Å²) < 4.78 is 103. The Labute approximate surface area is 232 Å². The molecule has 6 atom stereocenters. The van der Waals surface area contributed by atoms with Crippen molar-refractivity contribution in [3.05, 3.63) is 33.4 Å². The summed E-state index contributed by atoms with van der Waals surface area (Å²) in [6.07, 6.45) is -13.1. The number of nitrogens with zero attached hydrogens (tertiary/aromatic N) is 3. The van der Waals surface area contributed by atoms with E-state index in [0.717, 1.165) is 0 Å². The highest BCUT2D eigenvalue weighted by Crippen LogP contribution is 2.41. The van der Waals surface area contributed by atoms with Crippen molar-refractivity contribution in [3.63, 3.8) is 0 Å². The third-order valence-corrected chi connectivity index (χ3v) is 7.18. The fourth-order valence-corrected chi connectivity index (χ4v) is 5.04. The van der Waals surface area contributed by atoms with Crippen LogP contribution >= 0.6 is 23.2 Å². The molecule has 0 saturated carbocycles. The van der Waals surface area contributed by atoms with E-state index in [-0.39, 0.29) is 0 Å². The minimum Gasteiger partial charge on any atom is -0.394 e. The minimum atomic E-state index is -5.39. The van der Waals surface area contributed by atoms with Crippen LogP contribution in [0.3, 0.4) is 0 Å². The third-order valence-electron chi connectivity index (χ3n) is 5.42. The molecular weight excluding hydrogens is 625 g/mol. The molecule has 2 heterocycles. The first-order valence-corrected chi connectivity index (χ1v) is 12.7. The molecule has 3 rings (SSSR count). The summed E-state index contributed by atoms with van der Waals surface area (Å²) in [5.41, 5.74) is -8.27. The smallest absolute Gasteiger partial charge is 0.394 e. The molecule has 0 radical (unpaired) electrons. The molecule has 222 valence electrons. The van der Waals surface area contributed by atoms with Gasteiger partial charge in [0.15, 0.2) is 22.8 Å². The number of ether oxygens (including phenoxy) is 2. The Morgan fingerprint density at radius 2 is 1.73 bits per heavy atom. The van der Waals surface area contributed by atoms with E-state index in [1.165, 1.54) is 6.07 Å². The zero-order chi connectivity index (χ0) is 30.2. The van der Waals surface area contributed by atoms with Crippen LogP contribution in [0.4, 0.5) is 32.2 Å². The van der Waals surface area contributed by atoms with Crippen molar-refractivity contribution in [3.8, 4) is 11.8 Å². The first kappa shape index (κ1) is 32.3. The standard InChI is InChI=1S/C20H18Cl2F6N4O7S/c21-8-3-7(19(23,24)25)4-9(22)12(8)32-17(16(10(5-29)31-32)40(37)20(26,27)28)30-1-2-38-18-15(36)14(35)13(34)11(6-33)39-18/h3-4,11,13-15,18,30,33-36H,1-2,6H2/t11-,13+,14+,15-,18-,40?/m1/s1. The molecule has 20 heteroatoms. The van der Waals surface area contributed by atoms with Crippen molar-refractivity contribution in [1.82, 2.24) is 9.78 Å². The lowest BCUT2D eigenvalue weighted by atomic mass is 9.99. The molecule has 0 amide bonds. The number of nitrogens with one attached hydrogen (secondary N) is 1. The number of hydrogen-bond donors (Lipinski definition) is 5. The Kier molecular flexibility index (Phi) is 9.97. The first-order chi connectivity index (χ1) is 18.5. The van der Waals surface area contributed by atoms with Gasteiger partial charge in [-0.15, -0.1) is 0 Å². The predicted octanol–water partition coefficient (Wildman–Crippen LogP) is 1.93. The second kappa shape index (κ2) is 12.3. The Balaban J connectivity index is 1.98. The summed E-state index contributed by atoms with van der Waals surface area (Å²) in [5, 5.41) is 52.8. The molecule has 2 aromatic rings. The van der Waals surface area contributed by atoms with Crippen molar-refractivity contribution in [1.29, 1.82) is 5.26 Å². The topological polar surface area (TPSA) is 170 Å². The Hall–Kier alpha value is -2.21. The quantitative estimate of drug-likeness (QED) is 0.212. The molecule has 0 aliphatic carbocycles. The van der Waals surface area contributed by atoms with Gasteiger partial charge < -0.3 is 35.2 Å². The molecular formula is C20H18Cl2F6N4O7S. The summed E-state index contributed by atoms with van der Waals surface area (Å²) in [7, 11) is -3.87. The minimum absolute atomic E-state index is 0.420. The van der Waals surface area contributed by atoms with E-state index in [1.807, 2.05) is 0 Å². The monoisotopic (exact) mass is 642 g/mol. The highest BCUT2D eigenvalue weighted by atomic mass is 35.5. The molecule has 40 heavy (non-hydrogen) atoms. The number of aromatic nitrogens is 2. The van der Waals surface area contributed by atoms with Gasteiger partial charge in [0.2, 0.25) is 0 Å². The van der Waals surface area contributed by atoms with E-state index in [2.05, 4.69) is 10.4 Å². The largest absolute Gasteiger partial charge is 0.476 e. The molecule has 1 saturated heterocycles. The first-order valence-electron chi connectivity index (χ1n) is 10.8. The maximum atomic E-state index is 13.4. The fourth-order valence-electron chi connectivity index (χ4n) is 3.57. The molecule has 1 aromatic heterocycles. The van der Waals surface area contributed by atoms with E-state index in [0.29, 0.717) is 16.8 Å². The second-order valence-corrected chi connectivity index (χ2v) is 10.3. The third kappa shape index (κ3) is 6.64. The van der Waals surface area contributed by atoms with Crippen LogP contribution in [0.1, 0.15) is 11.3 Å². The van der Waals surface area contributed by atoms with Crippen LogP contribution in [0.2, 0.25) is 10.0 Å². The van der Waals surface area contributed by atoms with Gasteiger partial charge in [-0.25, -0.2) is 8.89 Å². The SMILES string of the molecule is N#Cc1nn(-c2c(Cl)cc(C(F)(F)F)cc2Cl)c(NCCO[C@@H]2O[C@H](CO)[C@H](O)[C@H](O)[C@H]2O)c1S(=O)C(F)(F)F. The molecule has 5 N–H and O–H groups in total. The van der Waals surface area contributed by atoms with Crippen LogP contribution in [0.5, 0.6) is 0 Å². The van der Waals surface area contributed by atoms with Crippen LogP contribution in [0, 0.1) is 11.3 Å². The summed E-state index contributed by atoms with van der Waals surface area (Å²) >= 11 is 11.9. The van der Waals surface area contributed by atoms with Gasteiger partial charge in [-0.1, -0.05) is 23.2 Å². The van der Waals surface area contributed by atoms with E-state index < -0.39 is 111 Å². The lowest BCUT2D eigenvalue weighted by Gasteiger charge is -2.39. The summed E-state index contributed by atoms with van der Waals surface area (Å²) in [6, 6.07) is 2.17. The van der Waals surface area contributed by atoms with Crippen LogP contribution in [0.15, 0.2) is 17.0 Å². The molecule has 1 unspecified atom stereocenters. The second-order valence-electron chi connectivity index (χ2n) is 8.05. The highest BCUT2D eigenvalue weighted by molar-refractivity contribution is 7.86. The fraction of sp³-hybridized carbons (Fsp3) is 0.500. The molecule has 0 spiro atoms. The van der Waals surface area contributed by atoms with Crippen molar-refractivity contribution in [2.75, 3.05) is 25.1 Å². The number of aliphatic hydroxyl groups is 4. The zero-order valence-electron chi connectivity index (χ0n) is 19.4. The van der Waals surface area contributed by atoms with Gasteiger partial charge in [-0.2, -0.15) is 36.7 Å². The normalized spacial score (nSPS) is 24.5. The van der Waals surface area contributed by atoms with Gasteiger partial charge in [0.25, 0.3) is 0 Å². The molecule has 1 aliphatic heterocycles. The lowest BCUT2D eigenvalue weighted by molar-refractivity contribution is -0.300. The van der Waals surface area contributed by atoms with E-state index >= 15 is 0 Å². The van der Waals surface area contributed by atoms with Gasteiger partial charge in [0, 0.05) is 6.54 Å². The van der Waals surface area contributed by atoms with Crippen LogP contribution in [0.25, 0.3) is 5.69 Å². The average Bonchev–Trinajstić information content (AvgIpc) is 3.22. The lowest BCUT2D eigenvalue weighted by Crippen LogP contribution is -2.59. The highest BCUT2D eigenvalue weighted by Gasteiger charge is 2.45. The maximum Gasteiger partial charge on any atom is 0.476 e. The van der Waals surface area contributed by atoms with Crippen LogP contribution in [-0.4, -0.2) is 90.4 Å². The zero-order valence-corrected chi connectivity index (χ0v) is 21.8. The number of anilines is 1. The van der Waals surface area contributed by atoms with Crippen molar-refractivity contribution in [2.24, 2.45) is 0 Å². The Bertz CT molecular complexity index is 1280. The van der Waals surface area contributed by atoms with Crippen molar-refractivity contribution >= 4 is 39.8 Å². The molecule has 1 aliphatic rings. The predicted molar refractivity (Wildman–Crippen MR) is 124 cm³/mol. The van der Waals surface area contributed by atoms with Crippen molar-refractivity contribution < 1.29 is 60.5 Å². The average molecular weight is 643 g/mol. The van der Waals surface area contributed by atoms with Gasteiger partial charge >= 0.3 is 11.7 Å². The summed E-state index contributed by atoms with van der Waals surface area (Å²) in [4.78, 5) is -1.19.